The molecule has 0 unspecified atom stereocenters. The average molecular weight is 273 g/mol. The van der Waals surface area contributed by atoms with Crippen LogP contribution in [0.25, 0.3) is 6.08 Å². The minimum absolute atomic E-state index is 0.255. The monoisotopic (exact) mass is 273 g/mol. The molecular formula is C16H19NO3. The van der Waals surface area contributed by atoms with Crippen molar-refractivity contribution in [1.82, 2.24) is 0 Å². The van der Waals surface area contributed by atoms with E-state index in [0.717, 1.165) is 18.4 Å². The summed E-state index contributed by atoms with van der Waals surface area (Å²) in [5.74, 6) is -0.411. The fourth-order valence-corrected chi connectivity index (χ4v) is 1.47. The first-order chi connectivity index (χ1) is 9.76. The molecule has 0 aliphatic heterocycles. The molecule has 0 bridgehead atoms. The third-order valence-electron chi connectivity index (χ3n) is 2.54. The van der Waals surface area contributed by atoms with Gasteiger partial charge in [-0.1, -0.05) is 25.5 Å². The van der Waals surface area contributed by atoms with Crippen molar-refractivity contribution in [3.63, 3.8) is 0 Å². The summed E-state index contributed by atoms with van der Waals surface area (Å²) in [5.41, 5.74) is 1.35. The van der Waals surface area contributed by atoms with Crippen LogP contribution in [0.1, 0.15) is 30.9 Å². The predicted molar refractivity (Wildman–Crippen MR) is 76.9 cm³/mol. The first-order valence-electron chi connectivity index (χ1n) is 6.69. The molecule has 1 rings (SSSR count). The van der Waals surface area contributed by atoms with Gasteiger partial charge in [0.25, 0.3) is 0 Å². The van der Waals surface area contributed by atoms with Gasteiger partial charge in [-0.05, 0) is 30.2 Å². The van der Waals surface area contributed by atoms with E-state index in [1.54, 1.807) is 24.3 Å². The second-order valence-corrected chi connectivity index (χ2v) is 4.20. The van der Waals surface area contributed by atoms with E-state index in [1.165, 1.54) is 6.08 Å². The molecule has 0 N–H and O–H groups in total. The molecule has 0 atom stereocenters. The Bertz CT molecular complexity index is 489. The van der Waals surface area contributed by atoms with Gasteiger partial charge in [0.2, 0.25) is 0 Å². The Kier molecular flexibility index (Phi) is 7.78. The molecule has 0 aromatic heterocycles. The zero-order valence-electron chi connectivity index (χ0n) is 11.7. The first kappa shape index (κ1) is 15.9. The Balaban J connectivity index is 2.27. The number of nitriles is 1. The lowest BCUT2D eigenvalue weighted by Gasteiger charge is -2.03. The summed E-state index contributed by atoms with van der Waals surface area (Å²) in [7, 11) is 0. The molecule has 0 amide bonds. The molecule has 0 fully saturated rings. The van der Waals surface area contributed by atoms with Crippen LogP contribution in [-0.4, -0.2) is 25.8 Å². The first-order valence-corrected chi connectivity index (χ1v) is 6.69. The van der Waals surface area contributed by atoms with Crippen LogP contribution in [0.3, 0.4) is 0 Å². The highest BCUT2D eigenvalue weighted by Crippen LogP contribution is 2.06. The molecule has 0 radical (unpaired) electrons. The third-order valence-corrected chi connectivity index (χ3v) is 2.54. The molecular weight excluding hydrogens is 254 g/mol. The molecule has 1 aromatic rings. The van der Waals surface area contributed by atoms with Crippen LogP contribution in [0.5, 0.6) is 0 Å². The molecule has 0 aliphatic rings. The summed E-state index contributed by atoms with van der Waals surface area (Å²) in [4.78, 5) is 11.4. The van der Waals surface area contributed by atoms with E-state index in [1.807, 2.05) is 12.1 Å². The number of ether oxygens (including phenoxy) is 2. The van der Waals surface area contributed by atoms with E-state index >= 15 is 0 Å². The van der Waals surface area contributed by atoms with Crippen LogP contribution >= 0.6 is 0 Å². The van der Waals surface area contributed by atoms with E-state index < -0.39 is 5.97 Å². The molecule has 0 aliphatic carbocycles. The second kappa shape index (κ2) is 9.76. The molecule has 1 aromatic carbocycles. The third kappa shape index (κ3) is 6.72. The summed E-state index contributed by atoms with van der Waals surface area (Å²) >= 11 is 0. The van der Waals surface area contributed by atoms with Crippen LogP contribution in [0.2, 0.25) is 0 Å². The van der Waals surface area contributed by atoms with Crippen LogP contribution < -0.4 is 0 Å². The number of unbranched alkanes of at least 4 members (excludes halogenated alkanes) is 1. The lowest BCUT2D eigenvalue weighted by molar-refractivity contribution is -0.139. The summed E-state index contributed by atoms with van der Waals surface area (Å²) in [5, 5.41) is 8.76. The van der Waals surface area contributed by atoms with Crippen molar-refractivity contribution in [2.24, 2.45) is 0 Å². The van der Waals surface area contributed by atoms with Gasteiger partial charge >= 0.3 is 5.97 Å². The van der Waals surface area contributed by atoms with E-state index in [-0.39, 0.29) is 6.61 Å². The highest BCUT2D eigenvalue weighted by atomic mass is 16.6. The molecule has 0 spiro atoms. The number of carbonyl (C=O) groups excluding carboxylic acids is 1. The number of carbonyl (C=O) groups is 1. The minimum Gasteiger partial charge on any atom is -0.460 e. The highest BCUT2D eigenvalue weighted by Gasteiger charge is 1.97. The van der Waals surface area contributed by atoms with E-state index in [9.17, 15) is 4.79 Å². The van der Waals surface area contributed by atoms with E-state index in [2.05, 4.69) is 6.92 Å². The Labute approximate surface area is 119 Å². The average Bonchev–Trinajstić information content (AvgIpc) is 2.49. The van der Waals surface area contributed by atoms with Gasteiger partial charge in [-0.2, -0.15) is 5.26 Å². The Hall–Kier alpha value is -2.12. The van der Waals surface area contributed by atoms with Crippen LogP contribution in [0.4, 0.5) is 0 Å². The van der Waals surface area contributed by atoms with Gasteiger partial charge in [-0.15, -0.1) is 0 Å². The number of hydrogen-bond acceptors (Lipinski definition) is 4. The molecule has 4 nitrogen and oxygen atoms in total. The van der Waals surface area contributed by atoms with Crippen LogP contribution in [0.15, 0.2) is 30.3 Å². The second-order valence-electron chi connectivity index (χ2n) is 4.20. The van der Waals surface area contributed by atoms with Crippen LogP contribution in [-0.2, 0) is 14.3 Å². The standard InChI is InChI=1S/C16H19NO3/c1-2-3-9-19-10-11-20-16(18)8-7-14-5-4-6-15(12-14)13-17/h4-8,12H,2-3,9-11H2,1H3. The molecule has 4 heteroatoms. The zero-order valence-corrected chi connectivity index (χ0v) is 11.7. The molecule has 0 saturated heterocycles. The predicted octanol–water partition coefficient (Wildman–Crippen LogP) is 2.93. The largest absolute Gasteiger partial charge is 0.460 e. The SMILES string of the molecule is CCCCOCCOC(=O)C=Cc1cccc(C#N)c1. The summed E-state index contributed by atoms with van der Waals surface area (Å²) in [6.45, 7) is 3.47. The van der Waals surface area contributed by atoms with Crippen LogP contribution in [0, 0.1) is 11.3 Å². The topological polar surface area (TPSA) is 59.3 Å². The molecule has 106 valence electrons. The lowest BCUT2D eigenvalue weighted by Crippen LogP contribution is -2.08. The quantitative estimate of drug-likeness (QED) is 0.415. The number of hydrogen-bond donors (Lipinski definition) is 0. The van der Waals surface area contributed by atoms with Crippen molar-refractivity contribution in [3.8, 4) is 6.07 Å². The number of rotatable bonds is 8. The molecule has 20 heavy (non-hydrogen) atoms. The Morgan fingerprint density at radius 2 is 2.20 bits per heavy atom. The maximum atomic E-state index is 11.4. The van der Waals surface area contributed by atoms with Gasteiger partial charge in [-0.25, -0.2) is 4.79 Å². The summed E-state index contributed by atoms with van der Waals surface area (Å²) in [6, 6.07) is 9.05. The minimum atomic E-state index is -0.411. The van der Waals surface area contributed by atoms with Crippen molar-refractivity contribution >= 4 is 12.0 Å². The van der Waals surface area contributed by atoms with Gasteiger partial charge in [0.05, 0.1) is 18.2 Å². The van der Waals surface area contributed by atoms with Gasteiger partial charge in [0.15, 0.2) is 0 Å². The summed E-state index contributed by atoms with van der Waals surface area (Å²) < 4.78 is 10.3. The van der Waals surface area contributed by atoms with Gasteiger partial charge in [-0.3, -0.25) is 0 Å². The van der Waals surface area contributed by atoms with Crippen molar-refractivity contribution in [2.75, 3.05) is 19.8 Å². The fraction of sp³-hybridized carbons (Fsp3) is 0.375. The maximum Gasteiger partial charge on any atom is 0.330 e. The molecule has 0 heterocycles. The lowest BCUT2D eigenvalue weighted by atomic mass is 10.1. The molecule has 0 saturated carbocycles. The number of nitrogens with zero attached hydrogens (tertiary/aromatic N) is 1. The van der Waals surface area contributed by atoms with E-state index in [0.29, 0.717) is 18.8 Å². The van der Waals surface area contributed by atoms with Crippen molar-refractivity contribution in [2.45, 2.75) is 19.8 Å². The number of benzene rings is 1. The van der Waals surface area contributed by atoms with E-state index in [4.69, 9.17) is 14.7 Å². The maximum absolute atomic E-state index is 11.4. The van der Waals surface area contributed by atoms with Crippen molar-refractivity contribution in [1.29, 1.82) is 5.26 Å². The summed E-state index contributed by atoms with van der Waals surface area (Å²) in [6.07, 6.45) is 5.08. The fourth-order valence-electron chi connectivity index (χ4n) is 1.47. The van der Waals surface area contributed by atoms with Gasteiger partial charge in [0.1, 0.15) is 6.61 Å². The number of esters is 1. The Morgan fingerprint density at radius 3 is 2.95 bits per heavy atom. The zero-order chi connectivity index (χ0) is 14.6. The van der Waals surface area contributed by atoms with Gasteiger partial charge < -0.3 is 9.47 Å². The highest BCUT2D eigenvalue weighted by molar-refractivity contribution is 5.87. The normalized spacial score (nSPS) is 10.4. The smallest absolute Gasteiger partial charge is 0.330 e. The van der Waals surface area contributed by atoms with Gasteiger partial charge in [0, 0.05) is 12.7 Å². The Morgan fingerprint density at radius 1 is 1.35 bits per heavy atom. The van der Waals surface area contributed by atoms with Crippen molar-refractivity contribution in [3.05, 3.63) is 41.5 Å². The van der Waals surface area contributed by atoms with Crippen molar-refractivity contribution < 1.29 is 14.3 Å².